The fourth-order valence-corrected chi connectivity index (χ4v) is 1.47. The summed E-state index contributed by atoms with van der Waals surface area (Å²) in [5.41, 5.74) is 0. The van der Waals surface area contributed by atoms with Crippen molar-refractivity contribution in [2.75, 3.05) is 6.61 Å². The Morgan fingerprint density at radius 2 is 2.08 bits per heavy atom. The number of esters is 1. The molecule has 1 aliphatic rings. The predicted molar refractivity (Wildman–Crippen MR) is 48.2 cm³/mol. The van der Waals surface area contributed by atoms with Gasteiger partial charge < -0.3 is 4.74 Å². The number of ketones is 1. The topological polar surface area (TPSA) is 43.4 Å². The van der Waals surface area contributed by atoms with Crippen molar-refractivity contribution in [1.82, 2.24) is 0 Å². The van der Waals surface area contributed by atoms with Crippen molar-refractivity contribution in [3.63, 3.8) is 0 Å². The van der Waals surface area contributed by atoms with E-state index >= 15 is 0 Å². The molecule has 0 spiro atoms. The summed E-state index contributed by atoms with van der Waals surface area (Å²) in [6, 6.07) is 0. The van der Waals surface area contributed by atoms with E-state index in [-0.39, 0.29) is 11.8 Å². The normalized spacial score (nSPS) is 26.7. The van der Waals surface area contributed by atoms with Gasteiger partial charge in [0.15, 0.2) is 0 Å². The number of ether oxygens (including phenoxy) is 1. The van der Waals surface area contributed by atoms with Crippen molar-refractivity contribution in [2.45, 2.75) is 39.0 Å². The van der Waals surface area contributed by atoms with Crippen molar-refractivity contribution in [3.05, 3.63) is 0 Å². The van der Waals surface area contributed by atoms with Crippen LogP contribution in [-0.4, -0.2) is 18.4 Å². The molecule has 0 bridgehead atoms. The van der Waals surface area contributed by atoms with Crippen LogP contribution in [-0.2, 0) is 14.3 Å². The Hall–Kier alpha value is -0.860. The molecule has 1 fully saturated rings. The summed E-state index contributed by atoms with van der Waals surface area (Å²) in [5.74, 6) is 0.461. The smallest absolute Gasteiger partial charge is 0.305 e. The molecule has 0 amide bonds. The van der Waals surface area contributed by atoms with Gasteiger partial charge in [0.2, 0.25) is 0 Å². The molecule has 3 heteroatoms. The van der Waals surface area contributed by atoms with E-state index in [4.69, 9.17) is 4.74 Å². The van der Waals surface area contributed by atoms with Gasteiger partial charge in [0.25, 0.3) is 0 Å². The SMILES string of the molecule is C[C@@H]1CCOC(=O)CCCC(=O)C1. The van der Waals surface area contributed by atoms with Crippen LogP contribution in [0.5, 0.6) is 0 Å². The Morgan fingerprint density at radius 1 is 1.31 bits per heavy atom. The van der Waals surface area contributed by atoms with Crippen LogP contribution in [0.2, 0.25) is 0 Å². The molecule has 0 saturated carbocycles. The molecule has 1 atom stereocenters. The summed E-state index contributed by atoms with van der Waals surface area (Å²) in [6.07, 6.45) is 3.00. The van der Waals surface area contributed by atoms with E-state index in [1.54, 1.807) is 0 Å². The number of Topliss-reactive ketones (excluding diaryl/α,β-unsaturated/α-hetero) is 1. The van der Waals surface area contributed by atoms with Gasteiger partial charge in [-0.05, 0) is 18.8 Å². The minimum Gasteiger partial charge on any atom is -0.466 e. The Balaban J connectivity index is 2.41. The zero-order valence-electron chi connectivity index (χ0n) is 8.04. The summed E-state index contributed by atoms with van der Waals surface area (Å²) < 4.78 is 4.97. The quantitative estimate of drug-likeness (QED) is 0.538. The maximum Gasteiger partial charge on any atom is 0.305 e. The molecule has 0 N–H and O–H groups in total. The van der Waals surface area contributed by atoms with E-state index in [0.29, 0.717) is 38.2 Å². The Morgan fingerprint density at radius 3 is 2.85 bits per heavy atom. The van der Waals surface area contributed by atoms with Gasteiger partial charge in [-0.2, -0.15) is 0 Å². The molecule has 1 saturated heterocycles. The lowest BCUT2D eigenvalue weighted by atomic mass is 9.98. The van der Waals surface area contributed by atoms with Crippen molar-refractivity contribution < 1.29 is 14.3 Å². The first kappa shape index (κ1) is 10.2. The summed E-state index contributed by atoms with van der Waals surface area (Å²) in [7, 11) is 0. The van der Waals surface area contributed by atoms with Gasteiger partial charge in [0.1, 0.15) is 5.78 Å². The third-order valence-corrected chi connectivity index (χ3v) is 2.29. The minimum absolute atomic E-state index is 0.165. The standard InChI is InChI=1S/C10H16O3/c1-8-5-6-13-10(12)4-2-3-9(11)7-8/h8H,2-7H2,1H3/t8-/m1/s1. The lowest BCUT2D eigenvalue weighted by Crippen LogP contribution is -2.14. The fourth-order valence-electron chi connectivity index (χ4n) is 1.47. The maximum absolute atomic E-state index is 11.3. The van der Waals surface area contributed by atoms with E-state index in [0.717, 1.165) is 6.42 Å². The summed E-state index contributed by atoms with van der Waals surface area (Å²) in [5, 5.41) is 0. The third kappa shape index (κ3) is 4.06. The van der Waals surface area contributed by atoms with Gasteiger partial charge >= 0.3 is 5.97 Å². The summed E-state index contributed by atoms with van der Waals surface area (Å²) >= 11 is 0. The highest BCUT2D eigenvalue weighted by atomic mass is 16.5. The molecule has 3 nitrogen and oxygen atoms in total. The second-order valence-electron chi connectivity index (χ2n) is 3.71. The van der Waals surface area contributed by atoms with Crippen molar-refractivity contribution in [1.29, 1.82) is 0 Å². The number of hydrogen-bond donors (Lipinski definition) is 0. The van der Waals surface area contributed by atoms with Crippen LogP contribution in [0.4, 0.5) is 0 Å². The molecule has 0 aromatic carbocycles. The van der Waals surface area contributed by atoms with Crippen LogP contribution >= 0.6 is 0 Å². The first-order chi connectivity index (χ1) is 6.18. The van der Waals surface area contributed by atoms with E-state index in [1.165, 1.54) is 0 Å². The number of hydrogen-bond acceptors (Lipinski definition) is 3. The van der Waals surface area contributed by atoms with E-state index in [1.807, 2.05) is 6.92 Å². The van der Waals surface area contributed by atoms with Gasteiger partial charge in [-0.1, -0.05) is 6.92 Å². The summed E-state index contributed by atoms with van der Waals surface area (Å²) in [6.45, 7) is 2.49. The van der Waals surface area contributed by atoms with Crippen LogP contribution in [0, 0.1) is 5.92 Å². The highest BCUT2D eigenvalue weighted by Gasteiger charge is 2.13. The van der Waals surface area contributed by atoms with Crippen LogP contribution in [0.1, 0.15) is 39.0 Å². The highest BCUT2D eigenvalue weighted by molar-refractivity contribution is 5.79. The highest BCUT2D eigenvalue weighted by Crippen LogP contribution is 2.13. The molecule has 0 aromatic heterocycles. The lowest BCUT2D eigenvalue weighted by Gasteiger charge is -2.13. The average Bonchev–Trinajstić information content (AvgIpc) is 2.03. The second kappa shape index (κ2) is 5.00. The Labute approximate surface area is 78.5 Å². The first-order valence-electron chi connectivity index (χ1n) is 4.86. The second-order valence-corrected chi connectivity index (χ2v) is 3.71. The van der Waals surface area contributed by atoms with Gasteiger partial charge in [-0.15, -0.1) is 0 Å². The first-order valence-corrected chi connectivity index (χ1v) is 4.86. The Kier molecular flexibility index (Phi) is 3.93. The maximum atomic E-state index is 11.3. The molecule has 0 unspecified atom stereocenters. The molecule has 13 heavy (non-hydrogen) atoms. The monoisotopic (exact) mass is 184 g/mol. The lowest BCUT2D eigenvalue weighted by molar-refractivity contribution is -0.144. The largest absolute Gasteiger partial charge is 0.466 e. The average molecular weight is 184 g/mol. The van der Waals surface area contributed by atoms with Gasteiger partial charge in [0, 0.05) is 19.3 Å². The third-order valence-electron chi connectivity index (χ3n) is 2.29. The number of carbonyl (C=O) groups is 2. The summed E-state index contributed by atoms with van der Waals surface area (Å²) in [4.78, 5) is 22.2. The minimum atomic E-state index is -0.165. The molecule has 1 heterocycles. The van der Waals surface area contributed by atoms with E-state index in [2.05, 4.69) is 0 Å². The fraction of sp³-hybridized carbons (Fsp3) is 0.800. The number of cyclic esters (lactones) is 1. The number of carbonyl (C=O) groups excluding carboxylic acids is 2. The molecule has 1 aliphatic heterocycles. The molecular weight excluding hydrogens is 168 g/mol. The van der Waals surface area contributed by atoms with Crippen LogP contribution in [0.15, 0.2) is 0 Å². The zero-order chi connectivity index (χ0) is 9.68. The predicted octanol–water partition coefficient (Wildman–Crippen LogP) is 1.70. The molecule has 0 aliphatic carbocycles. The van der Waals surface area contributed by atoms with Crippen LogP contribution in [0.3, 0.4) is 0 Å². The van der Waals surface area contributed by atoms with E-state index in [9.17, 15) is 9.59 Å². The van der Waals surface area contributed by atoms with Gasteiger partial charge in [-0.3, -0.25) is 9.59 Å². The molecule has 0 aromatic rings. The number of rotatable bonds is 0. The molecule has 1 rings (SSSR count). The zero-order valence-corrected chi connectivity index (χ0v) is 8.04. The van der Waals surface area contributed by atoms with E-state index < -0.39 is 0 Å². The van der Waals surface area contributed by atoms with Crippen molar-refractivity contribution >= 4 is 11.8 Å². The van der Waals surface area contributed by atoms with Gasteiger partial charge in [-0.25, -0.2) is 0 Å². The van der Waals surface area contributed by atoms with Crippen molar-refractivity contribution in [3.8, 4) is 0 Å². The molecular formula is C10H16O3. The van der Waals surface area contributed by atoms with Crippen LogP contribution in [0.25, 0.3) is 0 Å². The van der Waals surface area contributed by atoms with Crippen LogP contribution < -0.4 is 0 Å². The molecule has 0 radical (unpaired) electrons. The Bertz CT molecular complexity index is 198. The van der Waals surface area contributed by atoms with Gasteiger partial charge in [0.05, 0.1) is 6.61 Å². The molecule has 74 valence electrons. The van der Waals surface area contributed by atoms with Crippen molar-refractivity contribution in [2.24, 2.45) is 5.92 Å².